The lowest BCUT2D eigenvalue weighted by Crippen LogP contribution is -2.33. The number of amides is 2. The van der Waals surface area contributed by atoms with E-state index >= 15 is 0 Å². The Hall–Kier alpha value is -1.21. The van der Waals surface area contributed by atoms with Gasteiger partial charge in [-0.15, -0.1) is 0 Å². The molecule has 0 atom stereocenters. The fraction of sp³-hybridized carbons (Fsp3) is 0.375. The van der Waals surface area contributed by atoms with Crippen LogP contribution in [0.5, 0.6) is 0 Å². The molecule has 2 amide bonds. The Balaban J connectivity index is 2.47. The van der Waals surface area contributed by atoms with E-state index in [4.69, 9.17) is 17.3 Å². The van der Waals surface area contributed by atoms with Crippen molar-refractivity contribution in [1.82, 2.24) is 15.3 Å². The number of anilines is 1. The van der Waals surface area contributed by atoms with Gasteiger partial charge in [-0.3, -0.25) is 0 Å². The Bertz CT molecular complexity index is 375. The fourth-order valence-corrected chi connectivity index (χ4v) is 1.57. The van der Waals surface area contributed by atoms with Gasteiger partial charge in [0.05, 0.1) is 0 Å². The third-order valence-corrected chi connectivity index (χ3v) is 2.33. The van der Waals surface area contributed by atoms with E-state index in [1.807, 2.05) is 6.26 Å². The number of carbonyl (C=O) groups is 1. The van der Waals surface area contributed by atoms with E-state index in [9.17, 15) is 4.79 Å². The Morgan fingerprint density at radius 3 is 2.94 bits per heavy atom. The summed E-state index contributed by atoms with van der Waals surface area (Å²) < 4.78 is 0. The molecule has 0 fully saturated rings. The number of nitrogens with zero attached hydrogens (tertiary/aromatic N) is 2. The van der Waals surface area contributed by atoms with Gasteiger partial charge in [-0.1, -0.05) is 23.4 Å². The van der Waals surface area contributed by atoms with Crippen molar-refractivity contribution < 1.29 is 4.79 Å². The third kappa shape index (κ3) is 4.54. The molecule has 0 saturated heterocycles. The lowest BCUT2D eigenvalue weighted by Gasteiger charge is -2.06. The van der Waals surface area contributed by atoms with Gasteiger partial charge in [-0.05, 0) is 6.26 Å². The first kappa shape index (κ1) is 12.9. The molecule has 0 bridgehead atoms. The number of rotatable bonds is 5. The molecule has 0 aromatic carbocycles. The SMILES string of the molecule is CSc1nc(Cl)cc(NCCNC(N)=O)n1. The highest BCUT2D eigenvalue weighted by Crippen LogP contribution is 2.16. The van der Waals surface area contributed by atoms with Gasteiger partial charge in [0.2, 0.25) is 0 Å². The Kier molecular flexibility index (Phi) is 5.13. The highest BCUT2D eigenvalue weighted by Gasteiger charge is 2.01. The number of primary amides is 1. The first-order valence-electron chi connectivity index (χ1n) is 4.47. The Morgan fingerprint density at radius 1 is 1.56 bits per heavy atom. The van der Waals surface area contributed by atoms with E-state index in [1.54, 1.807) is 6.07 Å². The summed E-state index contributed by atoms with van der Waals surface area (Å²) >= 11 is 7.20. The molecular weight excluding hydrogens is 250 g/mol. The zero-order valence-corrected chi connectivity index (χ0v) is 10.2. The van der Waals surface area contributed by atoms with Gasteiger partial charge in [0.1, 0.15) is 11.0 Å². The minimum Gasteiger partial charge on any atom is -0.368 e. The van der Waals surface area contributed by atoms with Gasteiger partial charge < -0.3 is 16.4 Å². The predicted molar refractivity (Wildman–Crippen MR) is 64.9 cm³/mol. The van der Waals surface area contributed by atoms with Crippen LogP contribution in [0.1, 0.15) is 0 Å². The van der Waals surface area contributed by atoms with Crippen LogP contribution in [0, 0.1) is 0 Å². The molecule has 0 aliphatic heterocycles. The van der Waals surface area contributed by atoms with E-state index in [1.165, 1.54) is 11.8 Å². The number of thioether (sulfide) groups is 1. The summed E-state index contributed by atoms with van der Waals surface area (Å²) in [5.41, 5.74) is 4.91. The molecule has 0 aliphatic rings. The molecule has 1 heterocycles. The maximum atomic E-state index is 10.4. The zero-order chi connectivity index (χ0) is 12.0. The fourth-order valence-electron chi connectivity index (χ4n) is 0.955. The van der Waals surface area contributed by atoms with Crippen molar-refractivity contribution in [2.75, 3.05) is 24.7 Å². The van der Waals surface area contributed by atoms with Crippen LogP contribution >= 0.6 is 23.4 Å². The number of urea groups is 1. The second kappa shape index (κ2) is 6.39. The molecule has 6 nitrogen and oxygen atoms in total. The van der Waals surface area contributed by atoms with Gasteiger partial charge in [-0.25, -0.2) is 14.8 Å². The molecule has 0 unspecified atom stereocenters. The highest BCUT2D eigenvalue weighted by molar-refractivity contribution is 7.98. The molecule has 16 heavy (non-hydrogen) atoms. The van der Waals surface area contributed by atoms with E-state index in [-0.39, 0.29) is 0 Å². The van der Waals surface area contributed by atoms with E-state index in [0.717, 1.165) is 0 Å². The number of halogens is 1. The zero-order valence-electron chi connectivity index (χ0n) is 8.66. The summed E-state index contributed by atoms with van der Waals surface area (Å²) in [6, 6.07) is 1.07. The Labute approximate surface area is 102 Å². The largest absolute Gasteiger partial charge is 0.368 e. The minimum atomic E-state index is -0.549. The summed E-state index contributed by atoms with van der Waals surface area (Å²) in [5.74, 6) is 0.621. The first-order valence-corrected chi connectivity index (χ1v) is 6.08. The van der Waals surface area contributed by atoms with Crippen LogP contribution in [0.3, 0.4) is 0 Å². The van der Waals surface area contributed by atoms with Crippen LogP contribution < -0.4 is 16.4 Å². The second-order valence-electron chi connectivity index (χ2n) is 2.78. The van der Waals surface area contributed by atoms with Crippen LogP contribution in [0.25, 0.3) is 0 Å². The quantitative estimate of drug-likeness (QED) is 0.317. The van der Waals surface area contributed by atoms with Gasteiger partial charge in [0.15, 0.2) is 5.16 Å². The topological polar surface area (TPSA) is 92.9 Å². The van der Waals surface area contributed by atoms with Crippen LogP contribution in [0.15, 0.2) is 11.2 Å². The smallest absolute Gasteiger partial charge is 0.312 e. The summed E-state index contributed by atoms with van der Waals surface area (Å²) in [6.45, 7) is 0.940. The Morgan fingerprint density at radius 2 is 2.31 bits per heavy atom. The average Bonchev–Trinajstić information content (AvgIpc) is 2.23. The molecule has 1 rings (SSSR count). The summed E-state index contributed by atoms with van der Waals surface area (Å²) in [7, 11) is 0. The third-order valence-electron chi connectivity index (χ3n) is 1.59. The van der Waals surface area contributed by atoms with Crippen LogP contribution in [0.4, 0.5) is 10.6 Å². The molecular formula is C8H12ClN5OS. The lowest BCUT2D eigenvalue weighted by molar-refractivity contribution is 0.249. The van der Waals surface area contributed by atoms with E-state index < -0.39 is 6.03 Å². The first-order chi connectivity index (χ1) is 7.61. The number of hydrogen-bond donors (Lipinski definition) is 3. The van der Waals surface area contributed by atoms with Crippen LogP contribution in [-0.2, 0) is 0 Å². The average molecular weight is 262 g/mol. The van der Waals surface area contributed by atoms with Gasteiger partial charge >= 0.3 is 6.03 Å². The predicted octanol–water partition coefficient (Wildman–Crippen LogP) is 0.932. The molecule has 0 radical (unpaired) electrons. The number of hydrogen-bond acceptors (Lipinski definition) is 5. The second-order valence-corrected chi connectivity index (χ2v) is 3.94. The standard InChI is InChI=1S/C8H12ClN5OS/c1-16-8-13-5(9)4-6(14-8)11-2-3-12-7(10)15/h4H,2-3H2,1H3,(H3,10,12,15)(H,11,13,14). The molecule has 0 saturated carbocycles. The lowest BCUT2D eigenvalue weighted by atomic mass is 10.5. The summed E-state index contributed by atoms with van der Waals surface area (Å²) in [5, 5.41) is 6.42. The minimum absolute atomic E-state index is 0.379. The van der Waals surface area contributed by atoms with Gasteiger partial charge in [-0.2, -0.15) is 0 Å². The number of nitrogens with two attached hydrogens (primary N) is 1. The van der Waals surface area contributed by atoms with Crippen LogP contribution in [0.2, 0.25) is 5.15 Å². The molecule has 4 N–H and O–H groups in total. The van der Waals surface area contributed by atoms with Crippen molar-refractivity contribution >= 4 is 35.2 Å². The molecule has 8 heteroatoms. The van der Waals surface area contributed by atoms with Gasteiger partial charge in [0.25, 0.3) is 0 Å². The van der Waals surface area contributed by atoms with Crippen LogP contribution in [-0.4, -0.2) is 35.3 Å². The van der Waals surface area contributed by atoms with Gasteiger partial charge in [0, 0.05) is 19.2 Å². The molecule has 0 spiro atoms. The molecule has 0 aliphatic carbocycles. The molecule has 1 aromatic rings. The van der Waals surface area contributed by atoms with Crippen molar-refractivity contribution in [2.24, 2.45) is 5.73 Å². The van der Waals surface area contributed by atoms with E-state index in [2.05, 4.69) is 20.6 Å². The maximum absolute atomic E-state index is 10.4. The summed E-state index contributed by atoms with van der Waals surface area (Å²) in [6.07, 6.45) is 1.87. The number of nitrogens with one attached hydrogen (secondary N) is 2. The molecule has 1 aromatic heterocycles. The maximum Gasteiger partial charge on any atom is 0.312 e. The van der Waals surface area contributed by atoms with Crippen molar-refractivity contribution in [3.63, 3.8) is 0 Å². The normalized spacial score (nSPS) is 9.88. The van der Waals surface area contributed by atoms with Crippen molar-refractivity contribution in [2.45, 2.75) is 5.16 Å². The van der Waals surface area contributed by atoms with Crippen molar-refractivity contribution in [3.8, 4) is 0 Å². The highest BCUT2D eigenvalue weighted by atomic mass is 35.5. The monoisotopic (exact) mass is 261 g/mol. The number of aromatic nitrogens is 2. The van der Waals surface area contributed by atoms with Crippen molar-refractivity contribution in [1.29, 1.82) is 0 Å². The van der Waals surface area contributed by atoms with E-state index in [0.29, 0.717) is 29.2 Å². The molecule has 88 valence electrons. The van der Waals surface area contributed by atoms with Crippen molar-refractivity contribution in [3.05, 3.63) is 11.2 Å². The number of carbonyl (C=O) groups excluding carboxylic acids is 1. The summed E-state index contributed by atoms with van der Waals surface area (Å²) in [4.78, 5) is 18.6.